The summed E-state index contributed by atoms with van der Waals surface area (Å²) in [7, 11) is 0. The second-order valence-electron chi connectivity index (χ2n) is 7.17. The second-order valence-corrected chi connectivity index (χ2v) is 8.37. The number of carbonyl (C=O) groups is 2. The Bertz CT molecular complexity index is 1060. The van der Waals surface area contributed by atoms with Crippen molar-refractivity contribution in [3.63, 3.8) is 0 Å². The Kier molecular flexibility index (Phi) is 6.72. The van der Waals surface area contributed by atoms with Gasteiger partial charge in [0.05, 0.1) is 17.9 Å². The Morgan fingerprint density at radius 3 is 2.47 bits per heavy atom. The lowest BCUT2D eigenvalue weighted by Crippen LogP contribution is -2.14. The van der Waals surface area contributed by atoms with Gasteiger partial charge in [-0.05, 0) is 45.2 Å². The zero-order chi connectivity index (χ0) is 21.8. The summed E-state index contributed by atoms with van der Waals surface area (Å²) >= 11 is 1.43. The molecule has 0 radical (unpaired) electrons. The molecule has 0 saturated carbocycles. The highest BCUT2D eigenvalue weighted by Gasteiger charge is 2.23. The molecule has 1 amide bonds. The molecule has 0 aliphatic heterocycles. The molecule has 6 nitrogen and oxygen atoms in total. The van der Waals surface area contributed by atoms with Crippen LogP contribution in [0.1, 0.15) is 62.8 Å². The van der Waals surface area contributed by atoms with Gasteiger partial charge in [-0.2, -0.15) is 0 Å². The summed E-state index contributed by atoms with van der Waals surface area (Å²) < 4.78 is 5.05. The molecule has 0 atom stereocenters. The van der Waals surface area contributed by atoms with Crippen LogP contribution in [0.4, 0.5) is 5.13 Å². The minimum atomic E-state index is -0.462. The number of rotatable bonds is 7. The fourth-order valence-electron chi connectivity index (χ4n) is 3.49. The highest BCUT2D eigenvalue weighted by molar-refractivity contribution is 7.16. The van der Waals surface area contributed by atoms with E-state index in [1.54, 1.807) is 20.8 Å². The molecule has 7 heteroatoms. The van der Waals surface area contributed by atoms with Crippen LogP contribution >= 0.6 is 11.3 Å². The number of hydrogen-bond donors (Lipinski definition) is 2. The molecular weight excluding hydrogens is 398 g/mol. The van der Waals surface area contributed by atoms with Gasteiger partial charge in [-0.3, -0.25) is 10.1 Å². The predicted octanol–water partition coefficient (Wildman–Crippen LogP) is 5.44. The Morgan fingerprint density at radius 1 is 1.13 bits per heavy atom. The number of esters is 1. The van der Waals surface area contributed by atoms with Crippen LogP contribution in [0.2, 0.25) is 0 Å². The summed E-state index contributed by atoms with van der Waals surface area (Å²) in [6.45, 7) is 9.68. The molecule has 0 unspecified atom stereocenters. The number of aromatic amines is 1. The van der Waals surface area contributed by atoms with E-state index in [-0.39, 0.29) is 12.5 Å². The predicted molar refractivity (Wildman–Crippen MR) is 120 cm³/mol. The van der Waals surface area contributed by atoms with Crippen LogP contribution < -0.4 is 5.32 Å². The fraction of sp³-hybridized carbons (Fsp3) is 0.348. The molecule has 0 spiro atoms. The largest absolute Gasteiger partial charge is 0.461 e. The summed E-state index contributed by atoms with van der Waals surface area (Å²) in [5, 5.41) is 3.41. The highest BCUT2D eigenvalue weighted by Crippen LogP contribution is 2.31. The minimum absolute atomic E-state index is 0.276. The third kappa shape index (κ3) is 4.46. The van der Waals surface area contributed by atoms with E-state index in [0.717, 1.165) is 29.0 Å². The molecule has 0 bridgehead atoms. The van der Waals surface area contributed by atoms with Crippen molar-refractivity contribution in [3.8, 4) is 11.3 Å². The normalized spacial score (nSPS) is 10.8. The fourth-order valence-corrected chi connectivity index (χ4v) is 4.32. The first-order chi connectivity index (χ1) is 14.3. The number of amides is 1. The number of nitrogens with zero attached hydrogens (tertiary/aromatic N) is 1. The van der Waals surface area contributed by atoms with Gasteiger partial charge >= 0.3 is 5.97 Å². The van der Waals surface area contributed by atoms with E-state index in [1.165, 1.54) is 16.9 Å². The number of ether oxygens (including phenoxy) is 1. The van der Waals surface area contributed by atoms with E-state index in [0.29, 0.717) is 27.6 Å². The van der Waals surface area contributed by atoms with E-state index in [9.17, 15) is 9.59 Å². The van der Waals surface area contributed by atoms with E-state index in [4.69, 9.17) is 4.74 Å². The van der Waals surface area contributed by atoms with Crippen LogP contribution in [0.3, 0.4) is 0 Å². The first-order valence-corrected chi connectivity index (χ1v) is 10.9. The van der Waals surface area contributed by atoms with E-state index in [2.05, 4.69) is 46.5 Å². The van der Waals surface area contributed by atoms with Crippen LogP contribution in [0.25, 0.3) is 11.3 Å². The molecule has 30 heavy (non-hydrogen) atoms. The summed E-state index contributed by atoms with van der Waals surface area (Å²) in [4.78, 5) is 33.6. The van der Waals surface area contributed by atoms with Crippen LogP contribution in [-0.2, 0) is 11.2 Å². The average molecular weight is 426 g/mol. The van der Waals surface area contributed by atoms with E-state index in [1.807, 2.05) is 6.92 Å². The van der Waals surface area contributed by atoms with Crippen molar-refractivity contribution >= 4 is 28.3 Å². The lowest BCUT2D eigenvalue weighted by Gasteiger charge is -2.04. The summed E-state index contributed by atoms with van der Waals surface area (Å²) in [5.41, 5.74) is 5.14. The second kappa shape index (κ2) is 9.26. The van der Waals surface area contributed by atoms with Crippen LogP contribution in [0.5, 0.6) is 0 Å². The number of H-pyrrole nitrogens is 1. The lowest BCUT2D eigenvalue weighted by atomic mass is 10.1. The van der Waals surface area contributed by atoms with Gasteiger partial charge in [-0.25, -0.2) is 9.78 Å². The number of nitrogens with one attached hydrogen (secondary N) is 2. The smallest absolute Gasteiger partial charge is 0.355 e. The van der Waals surface area contributed by atoms with Crippen molar-refractivity contribution in [1.29, 1.82) is 0 Å². The summed E-state index contributed by atoms with van der Waals surface area (Å²) in [5.74, 6) is -0.758. The number of carbonyl (C=O) groups excluding carboxylic acids is 2. The molecule has 2 heterocycles. The quantitative estimate of drug-likeness (QED) is 0.493. The van der Waals surface area contributed by atoms with Gasteiger partial charge in [0.15, 0.2) is 5.13 Å². The van der Waals surface area contributed by atoms with Crippen molar-refractivity contribution in [3.05, 3.63) is 57.2 Å². The molecule has 2 aromatic heterocycles. The van der Waals surface area contributed by atoms with Gasteiger partial charge in [0, 0.05) is 16.1 Å². The maximum atomic E-state index is 12.9. The maximum Gasteiger partial charge on any atom is 0.355 e. The van der Waals surface area contributed by atoms with Crippen molar-refractivity contribution < 1.29 is 14.3 Å². The Hall–Kier alpha value is -2.93. The maximum absolute atomic E-state index is 12.9. The molecule has 1 aromatic carbocycles. The van der Waals surface area contributed by atoms with Gasteiger partial charge in [0.2, 0.25) is 0 Å². The average Bonchev–Trinajstić information content (AvgIpc) is 3.21. The Morgan fingerprint density at radius 2 is 1.83 bits per heavy atom. The van der Waals surface area contributed by atoms with Gasteiger partial charge in [0.1, 0.15) is 5.69 Å². The van der Waals surface area contributed by atoms with Gasteiger partial charge < -0.3 is 9.72 Å². The van der Waals surface area contributed by atoms with Crippen molar-refractivity contribution in [1.82, 2.24) is 9.97 Å². The van der Waals surface area contributed by atoms with Gasteiger partial charge in [0.25, 0.3) is 5.91 Å². The zero-order valence-electron chi connectivity index (χ0n) is 18.0. The van der Waals surface area contributed by atoms with Crippen LogP contribution in [0, 0.1) is 20.8 Å². The number of aryl methyl sites for hydroxylation is 3. The Labute approximate surface area is 180 Å². The molecule has 0 fully saturated rings. The number of anilines is 1. The van der Waals surface area contributed by atoms with E-state index >= 15 is 0 Å². The molecule has 0 aliphatic rings. The third-order valence-corrected chi connectivity index (χ3v) is 5.81. The SMILES string of the molecule is CCCc1ccc(-c2nc(NC(=O)c3c(C)[nH]c(C(=O)OCC)c3C)sc2C)cc1. The summed E-state index contributed by atoms with van der Waals surface area (Å²) in [6.07, 6.45) is 2.17. The molecule has 158 valence electrons. The zero-order valence-corrected chi connectivity index (χ0v) is 18.8. The van der Waals surface area contributed by atoms with E-state index < -0.39 is 5.97 Å². The minimum Gasteiger partial charge on any atom is -0.461 e. The molecule has 2 N–H and O–H groups in total. The van der Waals surface area contributed by atoms with Gasteiger partial charge in [-0.1, -0.05) is 37.6 Å². The number of hydrogen-bond acceptors (Lipinski definition) is 5. The van der Waals surface area contributed by atoms with Gasteiger partial charge in [-0.15, -0.1) is 11.3 Å². The highest BCUT2D eigenvalue weighted by atomic mass is 32.1. The number of aromatic nitrogens is 2. The number of benzene rings is 1. The molecule has 3 aromatic rings. The first kappa shape index (κ1) is 21.8. The van der Waals surface area contributed by atoms with Crippen molar-refractivity contribution in [2.75, 3.05) is 11.9 Å². The van der Waals surface area contributed by atoms with Crippen molar-refractivity contribution in [2.45, 2.75) is 47.5 Å². The molecular formula is C23H27N3O3S. The molecule has 0 aliphatic carbocycles. The first-order valence-electron chi connectivity index (χ1n) is 10.1. The lowest BCUT2D eigenvalue weighted by molar-refractivity contribution is 0.0519. The molecule has 3 rings (SSSR count). The monoisotopic (exact) mass is 425 g/mol. The van der Waals surface area contributed by atoms with Crippen LogP contribution in [0.15, 0.2) is 24.3 Å². The number of thiazole rings is 1. The topological polar surface area (TPSA) is 84.1 Å². The summed E-state index contributed by atoms with van der Waals surface area (Å²) in [6, 6.07) is 8.40. The Balaban J connectivity index is 1.82. The molecule has 0 saturated heterocycles. The standard InChI is InChI=1S/C23H27N3O3S/c1-6-8-16-9-11-17(12-10-16)20-15(5)30-23(25-20)26-21(27)18-13(3)19(24-14(18)4)22(28)29-7-2/h9-12,24H,6-8H2,1-5H3,(H,25,26,27). The van der Waals surface area contributed by atoms with Crippen LogP contribution in [-0.4, -0.2) is 28.5 Å². The van der Waals surface area contributed by atoms with Crippen molar-refractivity contribution in [2.24, 2.45) is 0 Å². The third-order valence-electron chi connectivity index (χ3n) is 4.93.